The quantitative estimate of drug-likeness (QED) is 0.637. The van der Waals surface area contributed by atoms with Gasteiger partial charge in [0, 0.05) is 6.20 Å². The van der Waals surface area contributed by atoms with Gasteiger partial charge in [-0.3, -0.25) is 10.1 Å². The summed E-state index contributed by atoms with van der Waals surface area (Å²) in [6.45, 7) is 0. The van der Waals surface area contributed by atoms with Crippen molar-refractivity contribution in [3.63, 3.8) is 0 Å². The Labute approximate surface area is 104 Å². The summed E-state index contributed by atoms with van der Waals surface area (Å²) in [4.78, 5) is 13.5. The molecule has 0 aliphatic carbocycles. The first kappa shape index (κ1) is 12.4. The second kappa shape index (κ2) is 4.65. The van der Waals surface area contributed by atoms with E-state index in [1.54, 1.807) is 12.1 Å². The average Bonchev–Trinajstić information content (AvgIpc) is 2.68. The van der Waals surface area contributed by atoms with Crippen LogP contribution in [-0.2, 0) is 0 Å². The Hall–Kier alpha value is -2.09. The van der Waals surface area contributed by atoms with Crippen LogP contribution in [0.25, 0.3) is 5.82 Å². The maximum absolute atomic E-state index is 12.6. The van der Waals surface area contributed by atoms with Crippen molar-refractivity contribution in [2.24, 2.45) is 0 Å². The number of alkyl halides is 2. The van der Waals surface area contributed by atoms with E-state index in [2.05, 4.69) is 10.1 Å². The summed E-state index contributed by atoms with van der Waals surface area (Å²) in [7, 11) is 0. The van der Waals surface area contributed by atoms with Crippen molar-refractivity contribution < 1.29 is 13.7 Å². The van der Waals surface area contributed by atoms with Gasteiger partial charge in [-0.15, -0.1) is 0 Å². The van der Waals surface area contributed by atoms with E-state index in [1.165, 1.54) is 12.3 Å². The van der Waals surface area contributed by atoms with Gasteiger partial charge in [-0.1, -0.05) is 17.7 Å². The van der Waals surface area contributed by atoms with Crippen LogP contribution in [0, 0.1) is 10.1 Å². The zero-order valence-electron chi connectivity index (χ0n) is 8.63. The highest BCUT2D eigenvalue weighted by Crippen LogP contribution is 2.35. The lowest BCUT2D eigenvalue weighted by Gasteiger charge is -1.99. The third-order valence-corrected chi connectivity index (χ3v) is 2.43. The van der Waals surface area contributed by atoms with Crippen LogP contribution >= 0.6 is 11.6 Å². The number of hydrogen-bond acceptors (Lipinski definition) is 4. The van der Waals surface area contributed by atoms with E-state index >= 15 is 0 Å². The SMILES string of the molecule is O=[N+]([O-])c1c(C(F)F)nn(-c2ccccn2)c1Cl. The lowest BCUT2D eigenvalue weighted by atomic mass is 10.4. The molecule has 2 aromatic rings. The Kier molecular flexibility index (Phi) is 3.19. The van der Waals surface area contributed by atoms with Crippen molar-refractivity contribution in [2.75, 3.05) is 0 Å². The summed E-state index contributed by atoms with van der Waals surface area (Å²) in [5.41, 5.74) is -1.88. The fourth-order valence-electron chi connectivity index (χ4n) is 1.35. The lowest BCUT2D eigenvalue weighted by molar-refractivity contribution is -0.386. The van der Waals surface area contributed by atoms with Crippen LogP contribution in [-0.4, -0.2) is 19.7 Å². The first-order valence-corrected chi connectivity index (χ1v) is 5.02. The molecule has 0 fully saturated rings. The normalized spacial score (nSPS) is 10.9. The fraction of sp³-hybridized carbons (Fsp3) is 0.111. The molecule has 18 heavy (non-hydrogen) atoms. The van der Waals surface area contributed by atoms with Crippen LogP contribution in [0.1, 0.15) is 12.1 Å². The van der Waals surface area contributed by atoms with Crippen LogP contribution in [0.2, 0.25) is 5.15 Å². The largest absolute Gasteiger partial charge is 0.335 e. The highest BCUT2D eigenvalue weighted by molar-refractivity contribution is 6.32. The molecule has 0 radical (unpaired) electrons. The second-order valence-electron chi connectivity index (χ2n) is 3.18. The minimum absolute atomic E-state index is 0.123. The van der Waals surface area contributed by atoms with Gasteiger partial charge >= 0.3 is 5.69 Å². The Morgan fingerprint density at radius 2 is 2.17 bits per heavy atom. The topological polar surface area (TPSA) is 73.8 Å². The maximum atomic E-state index is 12.6. The predicted molar refractivity (Wildman–Crippen MR) is 58.0 cm³/mol. The highest BCUT2D eigenvalue weighted by atomic mass is 35.5. The van der Waals surface area contributed by atoms with Crippen LogP contribution in [0.3, 0.4) is 0 Å². The van der Waals surface area contributed by atoms with Crippen LogP contribution < -0.4 is 0 Å². The van der Waals surface area contributed by atoms with Crippen molar-refractivity contribution in [1.82, 2.24) is 14.8 Å². The molecule has 0 N–H and O–H groups in total. The van der Waals surface area contributed by atoms with Gasteiger partial charge in [0.2, 0.25) is 10.8 Å². The van der Waals surface area contributed by atoms with Gasteiger partial charge in [-0.05, 0) is 12.1 Å². The highest BCUT2D eigenvalue weighted by Gasteiger charge is 2.32. The smallest absolute Gasteiger partial charge is 0.258 e. The molecule has 0 atom stereocenters. The molecule has 0 bridgehead atoms. The van der Waals surface area contributed by atoms with E-state index in [-0.39, 0.29) is 5.82 Å². The van der Waals surface area contributed by atoms with E-state index < -0.39 is 27.9 Å². The number of aromatic nitrogens is 3. The molecule has 0 aromatic carbocycles. The second-order valence-corrected chi connectivity index (χ2v) is 3.54. The molecule has 2 aromatic heterocycles. The molecular formula is C9H5ClF2N4O2. The Bertz CT molecular complexity index is 588. The zero-order valence-corrected chi connectivity index (χ0v) is 9.38. The fourth-order valence-corrected chi connectivity index (χ4v) is 1.64. The van der Waals surface area contributed by atoms with Gasteiger partial charge in [-0.25, -0.2) is 13.8 Å². The van der Waals surface area contributed by atoms with Gasteiger partial charge in [0.25, 0.3) is 6.43 Å². The van der Waals surface area contributed by atoms with Gasteiger partial charge in [-0.2, -0.15) is 9.78 Å². The number of hydrogen-bond donors (Lipinski definition) is 0. The van der Waals surface area contributed by atoms with Crippen molar-refractivity contribution in [1.29, 1.82) is 0 Å². The summed E-state index contributed by atoms with van der Waals surface area (Å²) >= 11 is 5.69. The molecule has 0 spiro atoms. The summed E-state index contributed by atoms with van der Waals surface area (Å²) in [5.74, 6) is 0.123. The van der Waals surface area contributed by atoms with Crippen LogP contribution in [0.5, 0.6) is 0 Å². The van der Waals surface area contributed by atoms with Crippen molar-refractivity contribution in [3.8, 4) is 5.82 Å². The van der Waals surface area contributed by atoms with Crippen molar-refractivity contribution >= 4 is 17.3 Å². The molecule has 94 valence electrons. The average molecular weight is 275 g/mol. The molecule has 0 aliphatic rings. The van der Waals surface area contributed by atoms with Gasteiger partial charge in [0.1, 0.15) is 0 Å². The Morgan fingerprint density at radius 3 is 2.61 bits per heavy atom. The third-order valence-electron chi connectivity index (χ3n) is 2.09. The molecule has 6 nitrogen and oxygen atoms in total. The first-order chi connectivity index (χ1) is 8.52. The zero-order chi connectivity index (χ0) is 13.3. The molecule has 9 heteroatoms. The molecule has 2 rings (SSSR count). The standard InChI is InChI=1S/C9H5ClF2N4O2/c10-8-7(16(17)18)6(9(11)12)14-15(8)5-3-1-2-4-13-5/h1-4,9H. The lowest BCUT2D eigenvalue weighted by Crippen LogP contribution is -1.99. The summed E-state index contributed by atoms with van der Waals surface area (Å²) in [5, 5.41) is 13.6. The number of halogens is 3. The molecular weight excluding hydrogens is 270 g/mol. The van der Waals surface area contributed by atoms with E-state index in [0.29, 0.717) is 0 Å². The van der Waals surface area contributed by atoms with Crippen molar-refractivity contribution in [2.45, 2.75) is 6.43 Å². The van der Waals surface area contributed by atoms with E-state index in [0.717, 1.165) is 4.68 Å². The van der Waals surface area contributed by atoms with E-state index in [4.69, 9.17) is 11.6 Å². The maximum Gasteiger partial charge on any atom is 0.335 e. The van der Waals surface area contributed by atoms with Gasteiger partial charge < -0.3 is 0 Å². The minimum Gasteiger partial charge on any atom is -0.258 e. The molecule has 0 saturated heterocycles. The summed E-state index contributed by atoms with van der Waals surface area (Å²) in [6.07, 6.45) is -1.70. The molecule has 0 amide bonds. The number of nitro groups is 1. The monoisotopic (exact) mass is 274 g/mol. The van der Waals surface area contributed by atoms with E-state index in [9.17, 15) is 18.9 Å². The number of pyridine rings is 1. The molecule has 0 saturated carbocycles. The minimum atomic E-state index is -3.09. The van der Waals surface area contributed by atoms with Crippen molar-refractivity contribution in [3.05, 3.63) is 45.4 Å². The van der Waals surface area contributed by atoms with Gasteiger partial charge in [0.05, 0.1) is 4.92 Å². The first-order valence-electron chi connectivity index (χ1n) is 4.64. The number of nitrogens with zero attached hydrogens (tertiary/aromatic N) is 4. The van der Waals surface area contributed by atoms with Gasteiger partial charge in [0.15, 0.2) is 5.82 Å². The predicted octanol–water partition coefficient (Wildman–Crippen LogP) is 2.77. The Balaban J connectivity index is 2.64. The summed E-state index contributed by atoms with van der Waals surface area (Å²) < 4.78 is 26.1. The summed E-state index contributed by atoms with van der Waals surface area (Å²) in [6, 6.07) is 4.62. The molecule has 0 unspecified atom stereocenters. The Morgan fingerprint density at radius 1 is 1.44 bits per heavy atom. The van der Waals surface area contributed by atoms with Crippen LogP contribution in [0.4, 0.5) is 14.5 Å². The molecule has 0 aliphatic heterocycles. The van der Waals surface area contributed by atoms with Crippen LogP contribution in [0.15, 0.2) is 24.4 Å². The molecule has 2 heterocycles. The third kappa shape index (κ3) is 2.02. The van der Waals surface area contributed by atoms with E-state index in [1.807, 2.05) is 0 Å². The number of rotatable bonds is 3.